The van der Waals surface area contributed by atoms with Gasteiger partial charge in [-0.2, -0.15) is 0 Å². The molecule has 0 saturated carbocycles. The first kappa shape index (κ1) is 17.4. The molecule has 2 aliphatic rings. The zero-order valence-electron chi connectivity index (χ0n) is 14.8. The standard InChI is InChI=1S/C19H29N3O2/c1-15-5-3-6-16(2)22(15)18(23)14-21-11-8-19(24,9-12-21)17-7-4-10-20-13-17/h4,7,10,13,15-16,24H,3,5-6,8-9,11-12,14H2,1-2H3/t15-,16+. The van der Waals surface area contributed by atoms with Gasteiger partial charge in [0.2, 0.25) is 5.91 Å². The smallest absolute Gasteiger partial charge is 0.237 e. The van der Waals surface area contributed by atoms with Gasteiger partial charge in [0.25, 0.3) is 0 Å². The Balaban J connectivity index is 1.56. The van der Waals surface area contributed by atoms with Gasteiger partial charge in [-0.05, 0) is 52.0 Å². The van der Waals surface area contributed by atoms with Crippen molar-refractivity contribution in [3.8, 4) is 0 Å². The fourth-order valence-electron chi connectivity index (χ4n) is 4.19. The summed E-state index contributed by atoms with van der Waals surface area (Å²) in [4.78, 5) is 21.1. The summed E-state index contributed by atoms with van der Waals surface area (Å²) in [5.41, 5.74) is 0.0775. The van der Waals surface area contributed by atoms with Crippen molar-refractivity contribution in [1.29, 1.82) is 0 Å². The van der Waals surface area contributed by atoms with Crippen LogP contribution in [0.15, 0.2) is 24.5 Å². The summed E-state index contributed by atoms with van der Waals surface area (Å²) in [6.45, 7) is 6.27. The van der Waals surface area contributed by atoms with E-state index in [1.807, 2.05) is 12.1 Å². The molecule has 3 heterocycles. The first-order valence-electron chi connectivity index (χ1n) is 9.16. The van der Waals surface area contributed by atoms with E-state index in [-0.39, 0.29) is 5.91 Å². The molecular formula is C19H29N3O2. The third-order valence-corrected chi connectivity index (χ3v) is 5.72. The molecule has 1 aromatic heterocycles. The molecule has 0 spiro atoms. The Hall–Kier alpha value is -1.46. The molecule has 24 heavy (non-hydrogen) atoms. The summed E-state index contributed by atoms with van der Waals surface area (Å²) in [7, 11) is 0. The molecule has 0 aromatic carbocycles. The van der Waals surface area contributed by atoms with Gasteiger partial charge in [-0.3, -0.25) is 14.7 Å². The topological polar surface area (TPSA) is 56.7 Å². The van der Waals surface area contributed by atoms with Crippen LogP contribution >= 0.6 is 0 Å². The van der Waals surface area contributed by atoms with Crippen LogP contribution in [0.2, 0.25) is 0 Å². The third-order valence-electron chi connectivity index (χ3n) is 5.72. The predicted octanol–water partition coefficient (Wildman–Crippen LogP) is 2.15. The normalized spacial score (nSPS) is 27.9. The highest BCUT2D eigenvalue weighted by Gasteiger charge is 2.36. The average Bonchev–Trinajstić information content (AvgIpc) is 2.58. The lowest BCUT2D eigenvalue weighted by molar-refractivity contribution is -0.139. The molecule has 2 atom stereocenters. The van der Waals surface area contributed by atoms with Gasteiger partial charge >= 0.3 is 0 Å². The molecule has 1 aromatic rings. The molecule has 0 unspecified atom stereocenters. The molecule has 2 aliphatic heterocycles. The van der Waals surface area contributed by atoms with Crippen molar-refractivity contribution in [3.05, 3.63) is 30.1 Å². The summed E-state index contributed by atoms with van der Waals surface area (Å²) in [5, 5.41) is 10.9. The highest BCUT2D eigenvalue weighted by atomic mass is 16.3. The Labute approximate surface area is 144 Å². The Kier molecular flexibility index (Phi) is 5.21. The monoisotopic (exact) mass is 331 g/mol. The van der Waals surface area contributed by atoms with E-state index < -0.39 is 5.60 Å². The van der Waals surface area contributed by atoms with Gasteiger partial charge in [-0.1, -0.05) is 6.07 Å². The lowest BCUT2D eigenvalue weighted by Crippen LogP contribution is -2.52. The Bertz CT molecular complexity index is 545. The van der Waals surface area contributed by atoms with Gasteiger partial charge in [0.15, 0.2) is 0 Å². The second kappa shape index (κ2) is 7.19. The minimum atomic E-state index is -0.806. The number of nitrogens with zero attached hydrogens (tertiary/aromatic N) is 3. The molecule has 2 fully saturated rings. The zero-order valence-corrected chi connectivity index (χ0v) is 14.8. The van der Waals surface area contributed by atoms with Gasteiger partial charge in [0, 0.05) is 43.1 Å². The molecule has 0 bridgehead atoms. The molecule has 1 N–H and O–H groups in total. The van der Waals surface area contributed by atoms with Gasteiger partial charge in [0.05, 0.1) is 12.1 Å². The Morgan fingerprint density at radius 1 is 1.29 bits per heavy atom. The Morgan fingerprint density at radius 3 is 2.54 bits per heavy atom. The van der Waals surface area contributed by atoms with Gasteiger partial charge < -0.3 is 10.0 Å². The summed E-state index contributed by atoms with van der Waals surface area (Å²) in [6, 6.07) is 4.49. The maximum atomic E-state index is 12.7. The van der Waals surface area contributed by atoms with Crippen molar-refractivity contribution in [2.24, 2.45) is 0 Å². The highest BCUT2D eigenvalue weighted by molar-refractivity contribution is 5.79. The minimum Gasteiger partial charge on any atom is -0.385 e. The van der Waals surface area contributed by atoms with Crippen molar-refractivity contribution in [3.63, 3.8) is 0 Å². The number of hydrogen-bond acceptors (Lipinski definition) is 4. The van der Waals surface area contributed by atoms with Crippen molar-refractivity contribution >= 4 is 5.91 Å². The van der Waals surface area contributed by atoms with E-state index >= 15 is 0 Å². The van der Waals surface area contributed by atoms with E-state index in [0.717, 1.165) is 31.5 Å². The quantitative estimate of drug-likeness (QED) is 0.922. The minimum absolute atomic E-state index is 0.238. The molecule has 0 radical (unpaired) electrons. The van der Waals surface area contributed by atoms with E-state index in [2.05, 4.69) is 28.6 Å². The molecule has 3 rings (SSSR count). The Morgan fingerprint density at radius 2 is 1.96 bits per heavy atom. The van der Waals surface area contributed by atoms with Gasteiger partial charge in [-0.15, -0.1) is 0 Å². The number of pyridine rings is 1. The van der Waals surface area contributed by atoms with E-state index in [1.165, 1.54) is 6.42 Å². The maximum absolute atomic E-state index is 12.7. The first-order chi connectivity index (χ1) is 11.5. The van der Waals surface area contributed by atoms with Gasteiger partial charge in [-0.25, -0.2) is 0 Å². The number of hydrogen-bond donors (Lipinski definition) is 1. The van der Waals surface area contributed by atoms with E-state index in [4.69, 9.17) is 0 Å². The number of aromatic nitrogens is 1. The fourth-order valence-corrected chi connectivity index (χ4v) is 4.19. The maximum Gasteiger partial charge on any atom is 0.237 e. The van der Waals surface area contributed by atoms with E-state index in [0.29, 0.717) is 31.5 Å². The van der Waals surface area contributed by atoms with Crippen LogP contribution < -0.4 is 0 Å². The van der Waals surface area contributed by atoms with Crippen LogP contribution in [0.4, 0.5) is 0 Å². The molecule has 5 nitrogen and oxygen atoms in total. The summed E-state index contributed by atoms with van der Waals surface area (Å²) < 4.78 is 0. The lowest BCUT2D eigenvalue weighted by Gasteiger charge is -2.42. The van der Waals surface area contributed by atoms with Crippen LogP contribution in [0.1, 0.15) is 51.5 Å². The molecule has 1 amide bonds. The summed E-state index contributed by atoms with van der Waals surface area (Å²) >= 11 is 0. The second-order valence-corrected chi connectivity index (χ2v) is 7.48. The van der Waals surface area contributed by atoms with Crippen LogP contribution in [0.25, 0.3) is 0 Å². The fraction of sp³-hybridized carbons (Fsp3) is 0.684. The predicted molar refractivity (Wildman–Crippen MR) is 93.4 cm³/mol. The second-order valence-electron chi connectivity index (χ2n) is 7.48. The number of rotatable bonds is 3. The number of carbonyl (C=O) groups excluding carboxylic acids is 1. The van der Waals surface area contributed by atoms with E-state index in [9.17, 15) is 9.90 Å². The van der Waals surface area contributed by atoms with Crippen molar-refractivity contribution in [2.75, 3.05) is 19.6 Å². The van der Waals surface area contributed by atoms with Gasteiger partial charge in [0.1, 0.15) is 0 Å². The molecular weight excluding hydrogens is 302 g/mol. The van der Waals surface area contributed by atoms with Crippen molar-refractivity contribution in [1.82, 2.24) is 14.8 Å². The van der Waals surface area contributed by atoms with Crippen molar-refractivity contribution < 1.29 is 9.90 Å². The number of likely N-dealkylation sites (tertiary alicyclic amines) is 2. The van der Waals surface area contributed by atoms with Crippen LogP contribution in [0, 0.1) is 0 Å². The molecule has 2 saturated heterocycles. The van der Waals surface area contributed by atoms with E-state index in [1.54, 1.807) is 12.4 Å². The first-order valence-corrected chi connectivity index (χ1v) is 9.16. The molecule has 5 heteroatoms. The molecule has 0 aliphatic carbocycles. The third kappa shape index (κ3) is 3.62. The summed E-state index contributed by atoms with van der Waals surface area (Å²) in [5.74, 6) is 0.238. The number of piperidine rings is 2. The van der Waals surface area contributed by atoms with Crippen LogP contribution in [0.3, 0.4) is 0 Å². The average molecular weight is 331 g/mol. The molecule has 132 valence electrons. The van der Waals surface area contributed by atoms with Crippen LogP contribution in [0.5, 0.6) is 0 Å². The number of carbonyl (C=O) groups is 1. The number of aliphatic hydroxyl groups is 1. The SMILES string of the molecule is C[C@@H]1CCC[C@H](C)N1C(=O)CN1CCC(O)(c2cccnc2)CC1. The summed E-state index contributed by atoms with van der Waals surface area (Å²) in [6.07, 6.45) is 8.20. The highest BCUT2D eigenvalue weighted by Crippen LogP contribution is 2.32. The lowest BCUT2D eigenvalue weighted by atomic mass is 9.85. The number of amides is 1. The van der Waals surface area contributed by atoms with Crippen LogP contribution in [-0.2, 0) is 10.4 Å². The van der Waals surface area contributed by atoms with Crippen LogP contribution in [-0.4, -0.2) is 57.5 Å². The zero-order chi connectivity index (χ0) is 17.2. The van der Waals surface area contributed by atoms with Crippen molar-refractivity contribution in [2.45, 2.75) is 63.6 Å². The largest absolute Gasteiger partial charge is 0.385 e.